The number of carbonyl (C=O) groups is 2. The molecule has 168 valence electrons. The van der Waals surface area contributed by atoms with Gasteiger partial charge < -0.3 is 24.8 Å². The van der Waals surface area contributed by atoms with E-state index in [0.717, 1.165) is 16.9 Å². The summed E-state index contributed by atoms with van der Waals surface area (Å²) in [5, 5.41) is 14.4. The first kappa shape index (κ1) is 23.0. The lowest BCUT2D eigenvalue weighted by Gasteiger charge is -2.11. The van der Waals surface area contributed by atoms with Crippen molar-refractivity contribution in [3.05, 3.63) is 58.0 Å². The molecule has 0 aliphatic heterocycles. The number of hydrogen-bond donors (Lipinski definition) is 2. The van der Waals surface area contributed by atoms with Crippen molar-refractivity contribution < 1.29 is 23.8 Å². The Hall–Kier alpha value is -3.66. The maximum atomic E-state index is 12.4. The van der Waals surface area contributed by atoms with Crippen LogP contribution in [0, 0.1) is 0 Å². The van der Waals surface area contributed by atoms with E-state index in [4.69, 9.17) is 14.2 Å². The Morgan fingerprint density at radius 3 is 2.34 bits per heavy atom. The molecule has 3 rings (SSSR count). The molecule has 3 aromatic rings. The lowest BCUT2D eigenvalue weighted by atomic mass is 10.2. The number of carbonyl (C=O) groups excluding carboxylic acids is 2. The van der Waals surface area contributed by atoms with Crippen molar-refractivity contribution in [1.29, 1.82) is 0 Å². The fourth-order valence-corrected chi connectivity index (χ4v) is 3.56. The van der Waals surface area contributed by atoms with Crippen LogP contribution in [-0.2, 0) is 17.8 Å². The van der Waals surface area contributed by atoms with Crippen LogP contribution < -0.4 is 24.8 Å². The molecule has 0 bridgehead atoms. The molecule has 0 aliphatic rings. The van der Waals surface area contributed by atoms with Gasteiger partial charge in [-0.15, -0.1) is 10.2 Å². The summed E-state index contributed by atoms with van der Waals surface area (Å²) in [6.45, 7) is 0.310. The Labute approximate surface area is 189 Å². The van der Waals surface area contributed by atoms with Gasteiger partial charge in [0.2, 0.25) is 10.9 Å². The summed E-state index contributed by atoms with van der Waals surface area (Å²) in [5.41, 5.74) is 1.44. The average molecular weight is 457 g/mol. The Morgan fingerprint density at radius 2 is 1.66 bits per heavy atom. The summed E-state index contributed by atoms with van der Waals surface area (Å²) < 4.78 is 15.6. The van der Waals surface area contributed by atoms with Gasteiger partial charge in [0.15, 0.2) is 0 Å². The van der Waals surface area contributed by atoms with Crippen LogP contribution in [0.25, 0.3) is 0 Å². The van der Waals surface area contributed by atoms with Crippen LogP contribution >= 0.6 is 11.3 Å². The number of amides is 2. The van der Waals surface area contributed by atoms with Gasteiger partial charge in [0.25, 0.3) is 5.91 Å². The molecule has 0 saturated heterocycles. The SMILES string of the molecule is COc1ccc(NC(=O)c2nnc(CCC(=O)NCc3cc(OC)ccc3OC)s2)cc1. The van der Waals surface area contributed by atoms with E-state index in [9.17, 15) is 9.59 Å². The number of benzene rings is 2. The molecule has 1 aromatic heterocycles. The van der Waals surface area contributed by atoms with Crippen molar-refractivity contribution in [2.75, 3.05) is 26.6 Å². The topological polar surface area (TPSA) is 112 Å². The van der Waals surface area contributed by atoms with E-state index in [2.05, 4.69) is 20.8 Å². The van der Waals surface area contributed by atoms with Crippen molar-refractivity contribution in [2.24, 2.45) is 0 Å². The molecule has 2 N–H and O–H groups in total. The predicted molar refractivity (Wildman–Crippen MR) is 121 cm³/mol. The largest absolute Gasteiger partial charge is 0.497 e. The van der Waals surface area contributed by atoms with Gasteiger partial charge in [-0.05, 0) is 42.5 Å². The summed E-state index contributed by atoms with van der Waals surface area (Å²) in [4.78, 5) is 24.6. The summed E-state index contributed by atoms with van der Waals surface area (Å²) in [5.74, 6) is 1.55. The molecule has 2 aromatic carbocycles. The lowest BCUT2D eigenvalue weighted by Crippen LogP contribution is -2.23. The van der Waals surface area contributed by atoms with Crippen LogP contribution in [0.1, 0.15) is 26.8 Å². The van der Waals surface area contributed by atoms with Gasteiger partial charge in [0.05, 0.1) is 21.3 Å². The zero-order valence-corrected chi connectivity index (χ0v) is 18.8. The summed E-state index contributed by atoms with van der Waals surface area (Å²) in [6.07, 6.45) is 0.607. The minimum absolute atomic E-state index is 0.144. The molecule has 0 atom stereocenters. The number of methoxy groups -OCH3 is 3. The Bertz CT molecular complexity index is 1070. The number of anilines is 1. The molecule has 0 aliphatic carbocycles. The number of nitrogens with one attached hydrogen (secondary N) is 2. The van der Waals surface area contributed by atoms with Crippen molar-refractivity contribution >= 4 is 28.8 Å². The zero-order valence-electron chi connectivity index (χ0n) is 18.0. The van der Waals surface area contributed by atoms with Crippen LogP contribution in [0.15, 0.2) is 42.5 Å². The Morgan fingerprint density at radius 1 is 0.938 bits per heavy atom. The van der Waals surface area contributed by atoms with E-state index in [-0.39, 0.29) is 23.2 Å². The van der Waals surface area contributed by atoms with Crippen molar-refractivity contribution in [3.8, 4) is 17.2 Å². The molecule has 0 fully saturated rings. The number of aromatic nitrogens is 2. The van der Waals surface area contributed by atoms with E-state index >= 15 is 0 Å². The lowest BCUT2D eigenvalue weighted by molar-refractivity contribution is -0.121. The van der Waals surface area contributed by atoms with E-state index in [0.29, 0.717) is 40.9 Å². The van der Waals surface area contributed by atoms with E-state index in [1.165, 1.54) is 0 Å². The maximum Gasteiger partial charge on any atom is 0.286 e. The highest BCUT2D eigenvalue weighted by Crippen LogP contribution is 2.24. The smallest absolute Gasteiger partial charge is 0.286 e. The first-order valence-electron chi connectivity index (χ1n) is 9.77. The highest BCUT2D eigenvalue weighted by atomic mass is 32.1. The first-order chi connectivity index (χ1) is 15.5. The molecule has 2 amide bonds. The highest BCUT2D eigenvalue weighted by molar-refractivity contribution is 7.13. The summed E-state index contributed by atoms with van der Waals surface area (Å²) >= 11 is 1.16. The standard InChI is InChI=1S/C22H24N4O5S/c1-29-16-6-4-15(5-7-16)24-21(28)22-26-25-20(32-22)11-10-19(27)23-13-14-12-17(30-2)8-9-18(14)31-3/h4-9,12H,10-11,13H2,1-3H3,(H,23,27)(H,24,28). The number of nitrogens with zero attached hydrogens (tertiary/aromatic N) is 2. The van der Waals surface area contributed by atoms with Gasteiger partial charge in [-0.2, -0.15) is 0 Å². The molecule has 0 saturated carbocycles. The van der Waals surface area contributed by atoms with Gasteiger partial charge in [-0.25, -0.2) is 0 Å². The molecular formula is C22H24N4O5S. The second kappa shape index (κ2) is 11.1. The number of hydrogen-bond acceptors (Lipinski definition) is 8. The molecule has 32 heavy (non-hydrogen) atoms. The summed E-state index contributed by atoms with van der Waals surface area (Å²) in [6, 6.07) is 12.4. The van der Waals surface area contributed by atoms with E-state index < -0.39 is 0 Å². The number of aryl methyl sites for hydroxylation is 1. The van der Waals surface area contributed by atoms with Crippen LogP contribution in [0.3, 0.4) is 0 Å². The normalized spacial score (nSPS) is 10.3. The summed E-state index contributed by atoms with van der Waals surface area (Å²) in [7, 11) is 4.73. The third-order valence-electron chi connectivity index (χ3n) is 4.54. The fraction of sp³-hybridized carbons (Fsp3) is 0.273. The molecule has 9 nitrogen and oxygen atoms in total. The molecule has 10 heteroatoms. The first-order valence-corrected chi connectivity index (χ1v) is 10.6. The maximum absolute atomic E-state index is 12.4. The molecule has 0 unspecified atom stereocenters. The number of ether oxygens (including phenoxy) is 3. The number of rotatable bonds is 10. The van der Waals surface area contributed by atoms with E-state index in [1.807, 2.05) is 6.07 Å². The molecule has 1 heterocycles. The van der Waals surface area contributed by atoms with Gasteiger partial charge in [-0.3, -0.25) is 9.59 Å². The molecular weight excluding hydrogens is 432 g/mol. The van der Waals surface area contributed by atoms with Gasteiger partial charge in [-0.1, -0.05) is 11.3 Å². The molecule has 0 spiro atoms. The van der Waals surface area contributed by atoms with Crippen molar-refractivity contribution in [1.82, 2.24) is 15.5 Å². The minimum atomic E-state index is -0.353. The Balaban J connectivity index is 1.49. The fourth-order valence-electron chi connectivity index (χ4n) is 2.83. The average Bonchev–Trinajstić information content (AvgIpc) is 3.31. The van der Waals surface area contributed by atoms with Crippen molar-refractivity contribution in [3.63, 3.8) is 0 Å². The second-order valence-electron chi connectivity index (χ2n) is 6.64. The van der Waals surface area contributed by atoms with Gasteiger partial charge in [0.1, 0.15) is 22.3 Å². The predicted octanol–water partition coefficient (Wildman–Crippen LogP) is 3.07. The van der Waals surface area contributed by atoms with E-state index in [1.54, 1.807) is 57.7 Å². The van der Waals surface area contributed by atoms with Crippen LogP contribution in [0.2, 0.25) is 0 Å². The monoisotopic (exact) mass is 456 g/mol. The second-order valence-corrected chi connectivity index (χ2v) is 7.70. The molecule has 0 radical (unpaired) electrons. The van der Waals surface area contributed by atoms with Gasteiger partial charge >= 0.3 is 0 Å². The highest BCUT2D eigenvalue weighted by Gasteiger charge is 2.14. The van der Waals surface area contributed by atoms with Crippen LogP contribution in [-0.4, -0.2) is 43.3 Å². The minimum Gasteiger partial charge on any atom is -0.497 e. The third-order valence-corrected chi connectivity index (χ3v) is 5.52. The van der Waals surface area contributed by atoms with Crippen LogP contribution in [0.4, 0.5) is 5.69 Å². The quantitative estimate of drug-likeness (QED) is 0.482. The van der Waals surface area contributed by atoms with Gasteiger partial charge in [0, 0.05) is 30.6 Å². The zero-order chi connectivity index (χ0) is 22.9. The third kappa shape index (κ3) is 6.17. The van der Waals surface area contributed by atoms with Crippen molar-refractivity contribution in [2.45, 2.75) is 19.4 Å². The Kier molecular flexibility index (Phi) is 7.98. The van der Waals surface area contributed by atoms with Crippen LogP contribution in [0.5, 0.6) is 17.2 Å².